The van der Waals surface area contributed by atoms with Crippen molar-refractivity contribution >= 4 is 28.1 Å². The highest BCUT2D eigenvalue weighted by atomic mass is 19.1. The van der Waals surface area contributed by atoms with Gasteiger partial charge in [0, 0.05) is 18.3 Å². The Morgan fingerprint density at radius 1 is 1.09 bits per heavy atom. The highest BCUT2D eigenvalue weighted by Crippen LogP contribution is 2.39. The number of benzene rings is 3. The molecule has 0 amide bonds. The highest BCUT2D eigenvalue weighted by Gasteiger charge is 2.18. The lowest BCUT2D eigenvalue weighted by atomic mass is 10.1. The second-order valence-electron chi connectivity index (χ2n) is 7.24. The molecule has 0 atom stereocenters. The lowest BCUT2D eigenvalue weighted by Gasteiger charge is -2.21. The summed E-state index contributed by atoms with van der Waals surface area (Å²) < 4.78 is 30.7. The number of fused-ring (bicyclic) bond motifs is 3. The van der Waals surface area contributed by atoms with E-state index in [2.05, 4.69) is 20.6 Å². The van der Waals surface area contributed by atoms with E-state index in [4.69, 9.17) is 14.2 Å². The van der Waals surface area contributed by atoms with Crippen molar-refractivity contribution in [3.05, 3.63) is 72.3 Å². The first kappa shape index (κ1) is 19.9. The molecule has 32 heavy (non-hydrogen) atoms. The van der Waals surface area contributed by atoms with Gasteiger partial charge in [0.05, 0.1) is 23.7 Å². The number of anilines is 3. The number of aromatic nitrogens is 2. The molecule has 3 aromatic carbocycles. The van der Waals surface area contributed by atoms with Crippen LogP contribution in [-0.2, 0) is 6.61 Å². The first-order chi connectivity index (χ1) is 15.7. The molecule has 2 heterocycles. The SMILES string of the molecule is COc1cc(Nc2ncnc3ccc4c(c23)OCCN4)ccc1OCc1cccc(F)c1. The summed E-state index contributed by atoms with van der Waals surface area (Å²) in [5.41, 5.74) is 3.20. The zero-order valence-electron chi connectivity index (χ0n) is 17.4. The Hall–Kier alpha value is -4.07. The van der Waals surface area contributed by atoms with Crippen LogP contribution in [0.3, 0.4) is 0 Å². The molecule has 7 nitrogen and oxygen atoms in total. The molecule has 0 saturated carbocycles. The Balaban J connectivity index is 1.42. The number of methoxy groups -OCH3 is 1. The molecule has 0 aliphatic carbocycles. The summed E-state index contributed by atoms with van der Waals surface area (Å²) in [5, 5.41) is 7.48. The van der Waals surface area contributed by atoms with Gasteiger partial charge in [0.15, 0.2) is 17.2 Å². The molecule has 0 bridgehead atoms. The van der Waals surface area contributed by atoms with E-state index in [1.54, 1.807) is 19.2 Å². The second-order valence-corrected chi connectivity index (χ2v) is 7.24. The number of nitrogens with one attached hydrogen (secondary N) is 2. The van der Waals surface area contributed by atoms with Gasteiger partial charge in [-0.2, -0.15) is 0 Å². The average Bonchev–Trinajstić information content (AvgIpc) is 2.83. The van der Waals surface area contributed by atoms with E-state index in [0.717, 1.165) is 40.1 Å². The molecule has 0 radical (unpaired) electrons. The number of ether oxygens (including phenoxy) is 3. The Labute approximate surface area is 184 Å². The summed E-state index contributed by atoms with van der Waals surface area (Å²) in [6, 6.07) is 15.7. The van der Waals surface area contributed by atoms with Crippen molar-refractivity contribution < 1.29 is 18.6 Å². The predicted octanol–water partition coefficient (Wildman–Crippen LogP) is 4.90. The van der Waals surface area contributed by atoms with E-state index in [9.17, 15) is 4.39 Å². The summed E-state index contributed by atoms with van der Waals surface area (Å²) in [7, 11) is 1.57. The van der Waals surface area contributed by atoms with Crippen molar-refractivity contribution in [1.29, 1.82) is 0 Å². The monoisotopic (exact) mass is 432 g/mol. The molecular formula is C24H21FN4O3. The van der Waals surface area contributed by atoms with E-state index >= 15 is 0 Å². The standard InChI is InChI=1S/C24H21FN4O3/c1-30-21-12-17(5-8-20(21)32-13-15-3-2-4-16(25)11-15)29-24-22-18(27-14-28-24)6-7-19-23(22)31-10-9-26-19/h2-8,11-12,14,26H,9-10,13H2,1H3,(H,27,28,29). The summed E-state index contributed by atoms with van der Waals surface area (Å²) in [6.45, 7) is 1.56. The quantitative estimate of drug-likeness (QED) is 0.449. The molecule has 1 aliphatic rings. The molecule has 0 spiro atoms. The van der Waals surface area contributed by atoms with Crippen LogP contribution < -0.4 is 24.8 Å². The van der Waals surface area contributed by atoms with Gasteiger partial charge >= 0.3 is 0 Å². The molecule has 0 fully saturated rings. The molecule has 0 saturated heterocycles. The molecule has 1 aromatic heterocycles. The first-order valence-electron chi connectivity index (χ1n) is 10.2. The Bertz CT molecular complexity index is 1280. The van der Waals surface area contributed by atoms with Gasteiger partial charge < -0.3 is 24.8 Å². The molecule has 8 heteroatoms. The minimum atomic E-state index is -0.295. The van der Waals surface area contributed by atoms with E-state index < -0.39 is 0 Å². The fourth-order valence-electron chi connectivity index (χ4n) is 3.63. The van der Waals surface area contributed by atoms with Crippen LogP contribution in [0.5, 0.6) is 17.2 Å². The van der Waals surface area contributed by atoms with Gasteiger partial charge in [-0.15, -0.1) is 0 Å². The maximum absolute atomic E-state index is 13.4. The smallest absolute Gasteiger partial charge is 0.162 e. The predicted molar refractivity (Wildman–Crippen MR) is 121 cm³/mol. The summed E-state index contributed by atoms with van der Waals surface area (Å²) in [6.07, 6.45) is 1.51. The van der Waals surface area contributed by atoms with Crippen molar-refractivity contribution in [3.63, 3.8) is 0 Å². The molecule has 4 aromatic rings. The van der Waals surface area contributed by atoms with Gasteiger partial charge in [-0.3, -0.25) is 0 Å². The van der Waals surface area contributed by atoms with Crippen molar-refractivity contribution in [1.82, 2.24) is 9.97 Å². The van der Waals surface area contributed by atoms with E-state index in [1.165, 1.54) is 18.5 Å². The van der Waals surface area contributed by atoms with Gasteiger partial charge in [-0.05, 0) is 42.0 Å². The average molecular weight is 432 g/mol. The molecule has 2 N–H and O–H groups in total. The number of hydrogen-bond donors (Lipinski definition) is 2. The maximum Gasteiger partial charge on any atom is 0.162 e. The first-order valence-corrected chi connectivity index (χ1v) is 10.2. The van der Waals surface area contributed by atoms with Crippen LogP contribution in [0.1, 0.15) is 5.56 Å². The number of halogens is 1. The number of rotatable bonds is 6. The summed E-state index contributed by atoms with van der Waals surface area (Å²) in [4.78, 5) is 8.80. The van der Waals surface area contributed by atoms with Crippen molar-refractivity contribution in [2.45, 2.75) is 6.61 Å². The summed E-state index contributed by atoms with van der Waals surface area (Å²) in [5.74, 6) is 2.17. The van der Waals surface area contributed by atoms with Crippen LogP contribution in [0.2, 0.25) is 0 Å². The van der Waals surface area contributed by atoms with Crippen molar-refractivity contribution in [2.24, 2.45) is 0 Å². The second kappa shape index (κ2) is 8.58. The van der Waals surface area contributed by atoms with E-state index in [0.29, 0.717) is 23.9 Å². The third-order valence-corrected chi connectivity index (χ3v) is 5.13. The van der Waals surface area contributed by atoms with E-state index in [1.807, 2.05) is 30.3 Å². The van der Waals surface area contributed by atoms with Crippen LogP contribution in [0.15, 0.2) is 60.9 Å². The number of nitrogens with zero attached hydrogens (tertiary/aromatic N) is 2. The number of hydrogen-bond acceptors (Lipinski definition) is 7. The van der Waals surface area contributed by atoms with Gasteiger partial charge in [0.2, 0.25) is 0 Å². The topological polar surface area (TPSA) is 77.5 Å². The third kappa shape index (κ3) is 3.94. The molecule has 1 aliphatic heterocycles. The molecular weight excluding hydrogens is 411 g/mol. The van der Waals surface area contributed by atoms with Crippen LogP contribution in [0, 0.1) is 5.82 Å². The minimum Gasteiger partial charge on any atom is -0.493 e. The molecule has 0 unspecified atom stereocenters. The third-order valence-electron chi connectivity index (χ3n) is 5.13. The van der Waals surface area contributed by atoms with Crippen LogP contribution in [0.25, 0.3) is 10.9 Å². The van der Waals surface area contributed by atoms with Crippen LogP contribution in [0.4, 0.5) is 21.6 Å². The zero-order valence-corrected chi connectivity index (χ0v) is 17.4. The fourth-order valence-corrected chi connectivity index (χ4v) is 3.63. The van der Waals surface area contributed by atoms with Crippen molar-refractivity contribution in [3.8, 4) is 17.2 Å². The lowest BCUT2D eigenvalue weighted by Crippen LogP contribution is -2.18. The lowest BCUT2D eigenvalue weighted by molar-refractivity contribution is 0.284. The van der Waals surface area contributed by atoms with Gasteiger partial charge in [-0.25, -0.2) is 14.4 Å². The van der Waals surface area contributed by atoms with Gasteiger partial charge in [0.25, 0.3) is 0 Å². The normalized spacial score (nSPS) is 12.4. The van der Waals surface area contributed by atoms with Crippen molar-refractivity contribution in [2.75, 3.05) is 30.9 Å². The Morgan fingerprint density at radius 2 is 2.03 bits per heavy atom. The van der Waals surface area contributed by atoms with Gasteiger partial charge in [0.1, 0.15) is 31.2 Å². The van der Waals surface area contributed by atoms with Crippen LogP contribution in [-0.4, -0.2) is 30.2 Å². The minimum absolute atomic E-state index is 0.230. The van der Waals surface area contributed by atoms with Gasteiger partial charge in [-0.1, -0.05) is 12.1 Å². The maximum atomic E-state index is 13.4. The molecule has 162 valence electrons. The fraction of sp³-hybridized carbons (Fsp3) is 0.167. The molecule has 5 rings (SSSR count). The van der Waals surface area contributed by atoms with Crippen LogP contribution >= 0.6 is 0 Å². The Morgan fingerprint density at radius 3 is 2.91 bits per heavy atom. The largest absolute Gasteiger partial charge is 0.493 e. The zero-order chi connectivity index (χ0) is 21.9. The van der Waals surface area contributed by atoms with E-state index in [-0.39, 0.29) is 12.4 Å². The highest BCUT2D eigenvalue weighted by molar-refractivity contribution is 6.00. The summed E-state index contributed by atoms with van der Waals surface area (Å²) >= 11 is 0. The Kier molecular flexibility index (Phi) is 5.33.